The molecule has 1 aliphatic rings. The van der Waals surface area contributed by atoms with Crippen molar-refractivity contribution in [3.63, 3.8) is 0 Å². The highest BCUT2D eigenvalue weighted by Crippen LogP contribution is 2.30. The van der Waals surface area contributed by atoms with E-state index in [0.717, 1.165) is 5.65 Å². The Morgan fingerprint density at radius 2 is 2.00 bits per heavy atom. The highest BCUT2D eigenvalue weighted by Gasteiger charge is 2.27. The van der Waals surface area contributed by atoms with Crippen molar-refractivity contribution in [3.8, 4) is 11.5 Å². The molecule has 0 bridgehead atoms. The number of amides is 1. The van der Waals surface area contributed by atoms with Crippen LogP contribution in [0.5, 0.6) is 11.5 Å². The van der Waals surface area contributed by atoms with Gasteiger partial charge in [0.15, 0.2) is 23.0 Å². The van der Waals surface area contributed by atoms with Gasteiger partial charge in [0.25, 0.3) is 5.91 Å². The number of pyridine rings is 1. The quantitative estimate of drug-likeness (QED) is 0.786. The zero-order chi connectivity index (χ0) is 15.6. The van der Waals surface area contributed by atoms with Gasteiger partial charge < -0.3 is 14.8 Å². The molecule has 4 rings (SSSR count). The molecule has 0 saturated carbocycles. The average Bonchev–Trinajstić information content (AvgIpc) is 3.02. The van der Waals surface area contributed by atoms with Crippen molar-refractivity contribution in [1.29, 1.82) is 0 Å². The molecule has 1 atom stereocenters. The first kappa shape index (κ1) is 13.6. The number of hydrogen-bond donors (Lipinski definition) is 1. The maximum Gasteiger partial charge on any atom is 0.265 e. The highest BCUT2D eigenvalue weighted by molar-refractivity contribution is 5.81. The summed E-state index contributed by atoms with van der Waals surface area (Å²) in [6.45, 7) is 0.453. The number of hydrogen-bond acceptors (Lipinski definition) is 5. The maximum atomic E-state index is 12.3. The summed E-state index contributed by atoms with van der Waals surface area (Å²) in [4.78, 5) is 12.3. The Balaban J connectivity index is 1.43. The van der Waals surface area contributed by atoms with Crippen LogP contribution >= 0.6 is 0 Å². The van der Waals surface area contributed by atoms with Crippen molar-refractivity contribution >= 4 is 11.6 Å². The van der Waals surface area contributed by atoms with E-state index in [0.29, 0.717) is 17.3 Å². The van der Waals surface area contributed by atoms with Crippen LogP contribution in [0.4, 0.5) is 0 Å². The molecule has 116 valence electrons. The SMILES string of the molecule is O=C(NCc1nnc2ccccn12)C1COc2ccccc2O1. The molecule has 0 saturated heterocycles. The Morgan fingerprint density at radius 1 is 1.17 bits per heavy atom. The Morgan fingerprint density at radius 3 is 2.91 bits per heavy atom. The molecule has 1 N–H and O–H groups in total. The average molecular weight is 310 g/mol. The lowest BCUT2D eigenvalue weighted by atomic mass is 10.2. The summed E-state index contributed by atoms with van der Waals surface area (Å²) in [5.74, 6) is 1.64. The Labute approximate surface area is 131 Å². The van der Waals surface area contributed by atoms with Gasteiger partial charge in [-0.15, -0.1) is 10.2 Å². The summed E-state index contributed by atoms with van der Waals surface area (Å²) in [5, 5.41) is 10.9. The van der Waals surface area contributed by atoms with Gasteiger partial charge in [-0.25, -0.2) is 0 Å². The lowest BCUT2D eigenvalue weighted by molar-refractivity contribution is -0.130. The van der Waals surface area contributed by atoms with E-state index in [9.17, 15) is 4.79 Å². The number of rotatable bonds is 3. The number of ether oxygens (including phenoxy) is 2. The smallest absolute Gasteiger partial charge is 0.265 e. The third kappa shape index (κ3) is 2.57. The van der Waals surface area contributed by atoms with Crippen LogP contribution in [0.15, 0.2) is 48.7 Å². The minimum Gasteiger partial charge on any atom is -0.485 e. The fourth-order valence-corrected chi connectivity index (χ4v) is 2.44. The van der Waals surface area contributed by atoms with Crippen molar-refractivity contribution in [1.82, 2.24) is 19.9 Å². The highest BCUT2D eigenvalue weighted by atomic mass is 16.6. The van der Waals surface area contributed by atoms with E-state index in [2.05, 4.69) is 15.5 Å². The van der Waals surface area contributed by atoms with Crippen LogP contribution in [-0.4, -0.2) is 33.2 Å². The van der Waals surface area contributed by atoms with E-state index in [1.54, 1.807) is 6.07 Å². The first-order valence-corrected chi connectivity index (χ1v) is 7.26. The molecule has 1 amide bonds. The lowest BCUT2D eigenvalue weighted by Gasteiger charge is -2.25. The van der Waals surface area contributed by atoms with Crippen LogP contribution < -0.4 is 14.8 Å². The molecule has 1 unspecified atom stereocenters. The zero-order valence-corrected chi connectivity index (χ0v) is 12.2. The van der Waals surface area contributed by atoms with Gasteiger partial charge in [-0.2, -0.15) is 0 Å². The molecule has 0 spiro atoms. The number of nitrogens with one attached hydrogen (secondary N) is 1. The molecule has 1 aromatic carbocycles. The second-order valence-electron chi connectivity index (χ2n) is 5.13. The van der Waals surface area contributed by atoms with Crippen LogP contribution in [0.1, 0.15) is 5.82 Å². The summed E-state index contributed by atoms with van der Waals surface area (Å²) in [6.07, 6.45) is 1.18. The van der Waals surface area contributed by atoms with Crippen LogP contribution in [0, 0.1) is 0 Å². The number of fused-ring (bicyclic) bond motifs is 2. The molecule has 0 aliphatic carbocycles. The Hall–Kier alpha value is -3.09. The molecule has 1 aliphatic heterocycles. The van der Waals surface area contributed by atoms with E-state index in [4.69, 9.17) is 9.47 Å². The van der Waals surface area contributed by atoms with Gasteiger partial charge >= 0.3 is 0 Å². The Kier molecular flexibility index (Phi) is 3.30. The van der Waals surface area contributed by atoms with Crippen LogP contribution in [0.3, 0.4) is 0 Å². The standard InChI is InChI=1S/C16H14N4O3/c21-16(13-10-22-11-5-1-2-6-12(11)23-13)17-9-15-19-18-14-7-3-4-8-20(14)15/h1-8,13H,9-10H2,(H,17,21). The number of para-hydroxylation sites is 2. The van der Waals surface area contributed by atoms with E-state index >= 15 is 0 Å². The molecule has 7 heteroatoms. The summed E-state index contributed by atoms with van der Waals surface area (Å²) in [6, 6.07) is 12.9. The van der Waals surface area contributed by atoms with E-state index in [-0.39, 0.29) is 19.1 Å². The van der Waals surface area contributed by atoms with Crippen LogP contribution in [0.2, 0.25) is 0 Å². The van der Waals surface area contributed by atoms with Crippen molar-refractivity contribution < 1.29 is 14.3 Å². The summed E-state index contributed by atoms with van der Waals surface area (Å²) in [7, 11) is 0. The predicted molar refractivity (Wildman–Crippen MR) is 81.2 cm³/mol. The predicted octanol–water partition coefficient (Wildman–Crippen LogP) is 1.19. The first-order chi connectivity index (χ1) is 11.3. The minimum absolute atomic E-state index is 0.184. The maximum absolute atomic E-state index is 12.3. The van der Waals surface area contributed by atoms with Gasteiger partial charge in [-0.1, -0.05) is 18.2 Å². The molecule has 0 radical (unpaired) electrons. The number of benzene rings is 1. The zero-order valence-electron chi connectivity index (χ0n) is 12.2. The van der Waals surface area contributed by atoms with Crippen LogP contribution in [-0.2, 0) is 11.3 Å². The summed E-state index contributed by atoms with van der Waals surface area (Å²) >= 11 is 0. The normalized spacial score (nSPS) is 16.3. The molecule has 3 aromatic rings. The molecule has 7 nitrogen and oxygen atoms in total. The molecular weight excluding hydrogens is 296 g/mol. The van der Waals surface area contributed by atoms with Gasteiger partial charge in [-0.05, 0) is 24.3 Å². The van der Waals surface area contributed by atoms with E-state index in [1.807, 2.05) is 47.0 Å². The Bertz CT molecular complexity index is 861. The first-order valence-electron chi connectivity index (χ1n) is 7.26. The van der Waals surface area contributed by atoms with Crippen molar-refractivity contribution in [2.45, 2.75) is 12.6 Å². The molecule has 0 fully saturated rings. The molecule has 2 aromatic heterocycles. The summed E-state index contributed by atoms with van der Waals surface area (Å²) < 4.78 is 13.0. The van der Waals surface area contributed by atoms with E-state index < -0.39 is 6.10 Å². The number of carbonyl (C=O) groups excluding carboxylic acids is 1. The van der Waals surface area contributed by atoms with Crippen molar-refractivity contribution in [2.24, 2.45) is 0 Å². The lowest BCUT2D eigenvalue weighted by Crippen LogP contribution is -2.43. The molecule has 3 heterocycles. The second kappa shape index (κ2) is 5.60. The van der Waals surface area contributed by atoms with Gasteiger partial charge in [0.2, 0.25) is 6.10 Å². The monoisotopic (exact) mass is 310 g/mol. The third-order valence-electron chi connectivity index (χ3n) is 3.61. The minimum atomic E-state index is -0.677. The largest absolute Gasteiger partial charge is 0.485 e. The fraction of sp³-hybridized carbons (Fsp3) is 0.188. The number of carbonyl (C=O) groups is 1. The second-order valence-corrected chi connectivity index (χ2v) is 5.13. The van der Waals surface area contributed by atoms with Gasteiger partial charge in [-0.3, -0.25) is 9.20 Å². The van der Waals surface area contributed by atoms with Crippen molar-refractivity contribution in [3.05, 3.63) is 54.5 Å². The number of nitrogens with zero attached hydrogens (tertiary/aromatic N) is 3. The van der Waals surface area contributed by atoms with E-state index in [1.165, 1.54) is 0 Å². The molecule has 23 heavy (non-hydrogen) atoms. The molecular formula is C16H14N4O3. The van der Waals surface area contributed by atoms with Gasteiger partial charge in [0.1, 0.15) is 6.61 Å². The topological polar surface area (TPSA) is 77.8 Å². The third-order valence-corrected chi connectivity index (χ3v) is 3.61. The van der Waals surface area contributed by atoms with Gasteiger partial charge in [0.05, 0.1) is 6.54 Å². The number of aromatic nitrogens is 3. The van der Waals surface area contributed by atoms with Crippen molar-refractivity contribution in [2.75, 3.05) is 6.61 Å². The van der Waals surface area contributed by atoms with Gasteiger partial charge in [0, 0.05) is 6.20 Å². The summed E-state index contributed by atoms with van der Waals surface area (Å²) in [5.41, 5.74) is 0.739. The fourth-order valence-electron chi connectivity index (χ4n) is 2.44. The van der Waals surface area contributed by atoms with Crippen LogP contribution in [0.25, 0.3) is 5.65 Å².